The molecule has 1 aromatic rings. The van der Waals surface area contributed by atoms with Crippen LogP contribution in [0.1, 0.15) is 12.8 Å². The van der Waals surface area contributed by atoms with Crippen LogP contribution in [0, 0.1) is 0 Å². The predicted molar refractivity (Wildman–Crippen MR) is 64.9 cm³/mol. The van der Waals surface area contributed by atoms with E-state index in [1.165, 1.54) is 0 Å². The zero-order valence-electron chi connectivity index (χ0n) is 8.82. The van der Waals surface area contributed by atoms with Crippen molar-refractivity contribution in [3.63, 3.8) is 0 Å². The van der Waals surface area contributed by atoms with Crippen molar-refractivity contribution < 1.29 is 4.79 Å². The van der Waals surface area contributed by atoms with Crippen LogP contribution >= 0.6 is 11.8 Å². The van der Waals surface area contributed by atoms with Crippen molar-refractivity contribution in [2.24, 2.45) is 0 Å². The van der Waals surface area contributed by atoms with Gasteiger partial charge in [-0.1, -0.05) is 12.1 Å². The van der Waals surface area contributed by atoms with Crippen molar-refractivity contribution in [3.8, 4) is 0 Å². The third-order valence-corrected chi connectivity index (χ3v) is 3.18. The molecule has 0 aliphatic carbocycles. The molecule has 15 heavy (non-hydrogen) atoms. The molecule has 3 nitrogen and oxygen atoms in total. The second-order valence-corrected chi connectivity index (χ2v) is 4.30. The van der Waals surface area contributed by atoms with Crippen LogP contribution in [0.5, 0.6) is 0 Å². The Labute approximate surface area is 94.4 Å². The number of nitrogens with one attached hydrogen (secondary N) is 1. The third-order valence-electron chi connectivity index (χ3n) is 2.00. The quantitative estimate of drug-likeness (QED) is 0.456. The minimum absolute atomic E-state index is 0.0941. The van der Waals surface area contributed by atoms with E-state index in [9.17, 15) is 4.79 Å². The van der Waals surface area contributed by atoms with Crippen LogP contribution in [0.3, 0.4) is 0 Å². The average molecular weight is 224 g/mol. The van der Waals surface area contributed by atoms with E-state index in [0.717, 1.165) is 22.8 Å². The van der Waals surface area contributed by atoms with E-state index in [0.29, 0.717) is 6.42 Å². The molecular weight excluding hydrogens is 208 g/mol. The van der Waals surface area contributed by atoms with E-state index < -0.39 is 0 Å². The lowest BCUT2D eigenvalue weighted by atomic mass is 10.3. The molecule has 1 aromatic carbocycles. The van der Waals surface area contributed by atoms with Crippen LogP contribution in [0.15, 0.2) is 29.2 Å². The van der Waals surface area contributed by atoms with Gasteiger partial charge in [0.25, 0.3) is 0 Å². The van der Waals surface area contributed by atoms with Gasteiger partial charge in [-0.05, 0) is 24.3 Å². The highest BCUT2D eigenvalue weighted by Crippen LogP contribution is 2.24. The SMILES string of the molecule is CNC(=O)CCCSc1ccccc1N. The lowest BCUT2D eigenvalue weighted by molar-refractivity contribution is -0.120. The maximum absolute atomic E-state index is 10.9. The Morgan fingerprint density at radius 2 is 2.20 bits per heavy atom. The number of para-hydroxylation sites is 1. The molecule has 0 saturated carbocycles. The summed E-state index contributed by atoms with van der Waals surface area (Å²) >= 11 is 1.69. The first-order chi connectivity index (χ1) is 7.24. The zero-order valence-corrected chi connectivity index (χ0v) is 9.64. The van der Waals surface area contributed by atoms with Gasteiger partial charge >= 0.3 is 0 Å². The van der Waals surface area contributed by atoms with Crippen molar-refractivity contribution in [1.82, 2.24) is 5.32 Å². The van der Waals surface area contributed by atoms with Crippen LogP contribution in [-0.4, -0.2) is 18.7 Å². The average Bonchev–Trinajstić information content (AvgIpc) is 2.26. The van der Waals surface area contributed by atoms with Gasteiger partial charge in [-0.25, -0.2) is 0 Å². The van der Waals surface area contributed by atoms with Crippen LogP contribution in [0.4, 0.5) is 5.69 Å². The van der Waals surface area contributed by atoms with Crippen molar-refractivity contribution in [1.29, 1.82) is 0 Å². The Bertz CT molecular complexity index is 328. The second-order valence-electron chi connectivity index (χ2n) is 3.16. The van der Waals surface area contributed by atoms with E-state index in [-0.39, 0.29) is 5.91 Å². The van der Waals surface area contributed by atoms with Crippen LogP contribution in [-0.2, 0) is 4.79 Å². The van der Waals surface area contributed by atoms with Gasteiger partial charge in [0.2, 0.25) is 5.91 Å². The van der Waals surface area contributed by atoms with Gasteiger partial charge in [0.1, 0.15) is 0 Å². The van der Waals surface area contributed by atoms with E-state index in [2.05, 4.69) is 5.32 Å². The summed E-state index contributed by atoms with van der Waals surface area (Å²) in [5.41, 5.74) is 6.60. The number of nitrogen functional groups attached to an aromatic ring is 1. The Morgan fingerprint density at radius 1 is 1.47 bits per heavy atom. The topological polar surface area (TPSA) is 55.1 Å². The molecule has 0 bridgehead atoms. The number of amides is 1. The highest BCUT2D eigenvalue weighted by atomic mass is 32.2. The molecule has 0 aromatic heterocycles. The molecule has 3 N–H and O–H groups in total. The highest BCUT2D eigenvalue weighted by Gasteiger charge is 2.00. The summed E-state index contributed by atoms with van der Waals surface area (Å²) in [5, 5.41) is 2.60. The Hall–Kier alpha value is -1.16. The number of hydrogen-bond donors (Lipinski definition) is 2. The summed E-state index contributed by atoms with van der Waals surface area (Å²) < 4.78 is 0. The number of hydrogen-bond acceptors (Lipinski definition) is 3. The number of carbonyl (C=O) groups excluding carboxylic acids is 1. The van der Waals surface area contributed by atoms with Crippen LogP contribution < -0.4 is 11.1 Å². The highest BCUT2D eigenvalue weighted by molar-refractivity contribution is 7.99. The van der Waals surface area contributed by atoms with Crippen LogP contribution in [0.25, 0.3) is 0 Å². The van der Waals surface area contributed by atoms with Gasteiger partial charge in [-0.3, -0.25) is 4.79 Å². The molecule has 0 spiro atoms. The molecule has 0 aliphatic heterocycles. The monoisotopic (exact) mass is 224 g/mol. The number of anilines is 1. The van der Waals surface area contributed by atoms with Crippen molar-refractivity contribution in [2.45, 2.75) is 17.7 Å². The fourth-order valence-electron chi connectivity index (χ4n) is 1.15. The summed E-state index contributed by atoms with van der Waals surface area (Å²) in [5.74, 6) is 1.01. The number of thioether (sulfide) groups is 1. The summed E-state index contributed by atoms with van der Waals surface area (Å²) in [4.78, 5) is 12.0. The van der Waals surface area contributed by atoms with Gasteiger partial charge in [-0.15, -0.1) is 11.8 Å². The molecule has 0 saturated heterocycles. The lowest BCUT2D eigenvalue weighted by Crippen LogP contribution is -2.17. The third kappa shape index (κ3) is 4.25. The van der Waals surface area contributed by atoms with Gasteiger partial charge in [0.15, 0.2) is 0 Å². The second kappa shape index (κ2) is 6.35. The predicted octanol–water partition coefficient (Wildman–Crippen LogP) is 1.89. The minimum atomic E-state index is 0.0941. The molecule has 0 heterocycles. The fraction of sp³-hybridized carbons (Fsp3) is 0.364. The standard InChI is InChI=1S/C11H16N2OS/c1-13-11(14)7-4-8-15-10-6-3-2-5-9(10)12/h2-3,5-6H,4,7-8,12H2,1H3,(H,13,14). The molecule has 1 amide bonds. The summed E-state index contributed by atoms with van der Waals surface area (Å²) in [7, 11) is 1.66. The molecule has 0 radical (unpaired) electrons. The minimum Gasteiger partial charge on any atom is -0.398 e. The summed E-state index contributed by atoms with van der Waals surface area (Å²) in [6, 6.07) is 7.78. The number of nitrogens with two attached hydrogens (primary N) is 1. The normalized spacial score (nSPS) is 9.93. The largest absolute Gasteiger partial charge is 0.398 e. The molecule has 1 rings (SSSR count). The number of benzene rings is 1. The Kier molecular flexibility index (Phi) is 5.04. The van der Waals surface area contributed by atoms with E-state index >= 15 is 0 Å². The summed E-state index contributed by atoms with van der Waals surface area (Å²) in [6.45, 7) is 0. The molecular formula is C11H16N2OS. The zero-order chi connectivity index (χ0) is 11.1. The van der Waals surface area contributed by atoms with E-state index in [4.69, 9.17) is 5.73 Å². The first-order valence-corrected chi connectivity index (χ1v) is 5.90. The first kappa shape index (κ1) is 11.9. The number of carbonyl (C=O) groups is 1. The van der Waals surface area contributed by atoms with Gasteiger partial charge in [0.05, 0.1) is 0 Å². The van der Waals surface area contributed by atoms with Gasteiger partial charge < -0.3 is 11.1 Å². The molecule has 0 aliphatic rings. The first-order valence-electron chi connectivity index (χ1n) is 4.92. The number of rotatable bonds is 5. The van der Waals surface area contributed by atoms with E-state index in [1.54, 1.807) is 18.8 Å². The van der Waals surface area contributed by atoms with Crippen molar-refractivity contribution in [2.75, 3.05) is 18.5 Å². The Balaban J connectivity index is 2.26. The summed E-state index contributed by atoms with van der Waals surface area (Å²) in [6.07, 6.45) is 1.45. The van der Waals surface area contributed by atoms with Gasteiger partial charge in [0, 0.05) is 24.1 Å². The van der Waals surface area contributed by atoms with Crippen LogP contribution in [0.2, 0.25) is 0 Å². The fourth-order valence-corrected chi connectivity index (χ4v) is 2.07. The van der Waals surface area contributed by atoms with Crippen molar-refractivity contribution in [3.05, 3.63) is 24.3 Å². The van der Waals surface area contributed by atoms with Gasteiger partial charge in [-0.2, -0.15) is 0 Å². The maximum atomic E-state index is 10.9. The molecule has 0 fully saturated rings. The molecule has 82 valence electrons. The maximum Gasteiger partial charge on any atom is 0.219 e. The Morgan fingerprint density at radius 3 is 2.87 bits per heavy atom. The molecule has 0 unspecified atom stereocenters. The smallest absolute Gasteiger partial charge is 0.219 e. The molecule has 4 heteroatoms. The van der Waals surface area contributed by atoms with Crippen molar-refractivity contribution >= 4 is 23.4 Å². The lowest BCUT2D eigenvalue weighted by Gasteiger charge is -2.04. The van der Waals surface area contributed by atoms with E-state index in [1.807, 2.05) is 24.3 Å². The molecule has 0 atom stereocenters.